The highest BCUT2D eigenvalue weighted by Gasteiger charge is 2.13. The van der Waals surface area contributed by atoms with E-state index in [-0.39, 0.29) is 5.57 Å². The second-order valence-corrected chi connectivity index (χ2v) is 6.85. The fourth-order valence-electron chi connectivity index (χ4n) is 2.55. The second kappa shape index (κ2) is 7.47. The number of benzene rings is 2. The van der Waals surface area contributed by atoms with Gasteiger partial charge < -0.3 is 9.73 Å². The van der Waals surface area contributed by atoms with Gasteiger partial charge in [-0.15, -0.1) is 11.3 Å². The van der Waals surface area contributed by atoms with Crippen molar-refractivity contribution in [1.82, 2.24) is 4.98 Å². The Bertz CT molecular complexity index is 1200. The number of hydrogen-bond acceptors (Lipinski definition) is 5. The number of anilines is 1. The Morgan fingerprint density at radius 3 is 2.68 bits per heavy atom. The van der Waals surface area contributed by atoms with Crippen molar-refractivity contribution in [3.05, 3.63) is 77.8 Å². The molecule has 0 spiro atoms. The standard InChI is InChI=1S/C21H12FN3O2S/c22-14-5-7-15(8-6-14)24-20(26)13(12-23)11-16-9-10-18(27-16)21-25-17-3-1-2-4-19(17)28-21/h1-11H,(H,24,26)/b13-11-. The van der Waals surface area contributed by atoms with E-state index in [4.69, 9.17) is 4.42 Å². The monoisotopic (exact) mass is 389 g/mol. The van der Waals surface area contributed by atoms with Crippen LogP contribution in [-0.4, -0.2) is 10.9 Å². The van der Waals surface area contributed by atoms with Crippen LogP contribution in [0.5, 0.6) is 0 Å². The van der Waals surface area contributed by atoms with Crippen LogP contribution in [0.2, 0.25) is 0 Å². The van der Waals surface area contributed by atoms with Crippen LogP contribution < -0.4 is 5.32 Å². The van der Waals surface area contributed by atoms with Crippen LogP contribution in [0.25, 0.3) is 27.1 Å². The molecule has 1 N–H and O–H groups in total. The molecule has 1 amide bonds. The van der Waals surface area contributed by atoms with Crippen LogP contribution in [0, 0.1) is 17.1 Å². The zero-order valence-electron chi connectivity index (χ0n) is 14.3. The number of rotatable bonds is 4. The number of furan rings is 1. The topological polar surface area (TPSA) is 78.9 Å². The Kier molecular flexibility index (Phi) is 4.70. The Balaban J connectivity index is 1.56. The van der Waals surface area contributed by atoms with E-state index in [0.717, 1.165) is 15.2 Å². The number of thiazole rings is 1. The molecule has 2 aromatic heterocycles. The number of nitrogens with one attached hydrogen (secondary N) is 1. The molecule has 2 aromatic carbocycles. The normalized spacial score (nSPS) is 11.4. The molecule has 28 heavy (non-hydrogen) atoms. The minimum atomic E-state index is -0.605. The smallest absolute Gasteiger partial charge is 0.266 e. The number of carbonyl (C=O) groups excluding carboxylic acids is 1. The van der Waals surface area contributed by atoms with E-state index in [0.29, 0.717) is 17.2 Å². The molecule has 0 bridgehead atoms. The number of nitrogens with zero attached hydrogens (tertiary/aromatic N) is 2. The minimum absolute atomic E-state index is 0.130. The molecule has 0 saturated heterocycles. The van der Waals surface area contributed by atoms with Crippen LogP contribution in [0.15, 0.2) is 70.7 Å². The molecule has 0 saturated carbocycles. The summed E-state index contributed by atoms with van der Waals surface area (Å²) in [5.74, 6) is -0.0946. The van der Waals surface area contributed by atoms with Crippen LogP contribution >= 0.6 is 11.3 Å². The van der Waals surface area contributed by atoms with E-state index in [1.54, 1.807) is 12.1 Å². The number of halogens is 1. The second-order valence-electron chi connectivity index (χ2n) is 5.82. The lowest BCUT2D eigenvalue weighted by atomic mass is 10.2. The number of amides is 1. The fourth-order valence-corrected chi connectivity index (χ4v) is 3.47. The Morgan fingerprint density at radius 2 is 1.93 bits per heavy atom. The molecule has 2 heterocycles. The minimum Gasteiger partial charge on any atom is -0.454 e. The quantitative estimate of drug-likeness (QED) is 0.382. The van der Waals surface area contributed by atoms with E-state index in [1.807, 2.05) is 30.3 Å². The van der Waals surface area contributed by atoms with Crippen molar-refractivity contribution < 1.29 is 13.6 Å². The van der Waals surface area contributed by atoms with E-state index in [1.165, 1.54) is 41.7 Å². The van der Waals surface area contributed by atoms with E-state index >= 15 is 0 Å². The summed E-state index contributed by atoms with van der Waals surface area (Å²) in [6.45, 7) is 0. The zero-order chi connectivity index (χ0) is 19.5. The molecule has 4 rings (SSSR count). The summed E-state index contributed by atoms with van der Waals surface area (Å²) in [4.78, 5) is 16.8. The average Bonchev–Trinajstić information content (AvgIpc) is 3.34. The number of fused-ring (bicyclic) bond motifs is 1. The lowest BCUT2D eigenvalue weighted by Crippen LogP contribution is -2.13. The summed E-state index contributed by atoms with van der Waals surface area (Å²) in [7, 11) is 0. The molecule has 0 unspecified atom stereocenters. The Hall–Kier alpha value is -3.76. The van der Waals surface area contributed by atoms with Gasteiger partial charge in [0.2, 0.25) is 0 Å². The van der Waals surface area contributed by atoms with Crippen LogP contribution in [-0.2, 0) is 4.79 Å². The molecule has 0 fully saturated rings. The molecular weight excluding hydrogens is 377 g/mol. The molecule has 0 aliphatic carbocycles. The fraction of sp³-hybridized carbons (Fsp3) is 0. The summed E-state index contributed by atoms with van der Waals surface area (Å²) in [5.41, 5.74) is 1.14. The van der Waals surface area contributed by atoms with E-state index < -0.39 is 11.7 Å². The third-order valence-corrected chi connectivity index (χ3v) is 4.94. The van der Waals surface area contributed by atoms with Gasteiger partial charge in [-0.05, 0) is 48.5 Å². The van der Waals surface area contributed by atoms with Crippen molar-refractivity contribution >= 4 is 39.2 Å². The molecular formula is C21H12FN3O2S. The van der Waals surface area contributed by atoms with Gasteiger partial charge in [0.15, 0.2) is 10.8 Å². The largest absolute Gasteiger partial charge is 0.454 e. The van der Waals surface area contributed by atoms with Gasteiger partial charge in [0.05, 0.1) is 10.2 Å². The summed E-state index contributed by atoms with van der Waals surface area (Å²) < 4.78 is 19.7. The highest BCUT2D eigenvalue weighted by molar-refractivity contribution is 7.21. The van der Waals surface area contributed by atoms with Crippen molar-refractivity contribution in [3.63, 3.8) is 0 Å². The summed E-state index contributed by atoms with van der Waals surface area (Å²) in [5, 5.41) is 12.6. The van der Waals surface area contributed by atoms with E-state index in [2.05, 4.69) is 10.3 Å². The SMILES string of the molecule is N#C/C(=C/c1ccc(-c2nc3ccccc3s2)o1)C(=O)Nc1ccc(F)cc1. The number of aromatic nitrogens is 1. The first-order chi connectivity index (χ1) is 13.6. The molecule has 7 heteroatoms. The van der Waals surface area contributed by atoms with Gasteiger partial charge in [-0.2, -0.15) is 5.26 Å². The first-order valence-corrected chi connectivity index (χ1v) is 9.08. The van der Waals surface area contributed by atoms with Gasteiger partial charge in [0, 0.05) is 11.8 Å². The number of hydrogen-bond donors (Lipinski definition) is 1. The van der Waals surface area contributed by atoms with Crippen molar-refractivity contribution in [3.8, 4) is 16.8 Å². The van der Waals surface area contributed by atoms with E-state index in [9.17, 15) is 14.4 Å². The summed E-state index contributed by atoms with van der Waals surface area (Å²) >= 11 is 1.50. The lowest BCUT2D eigenvalue weighted by Gasteiger charge is -2.03. The van der Waals surface area contributed by atoms with Crippen LogP contribution in [0.3, 0.4) is 0 Å². The maximum Gasteiger partial charge on any atom is 0.266 e. The molecule has 136 valence electrons. The molecule has 4 aromatic rings. The highest BCUT2D eigenvalue weighted by atomic mass is 32.1. The van der Waals surface area contributed by atoms with Crippen molar-refractivity contribution in [2.45, 2.75) is 0 Å². The maximum absolute atomic E-state index is 13.0. The highest BCUT2D eigenvalue weighted by Crippen LogP contribution is 2.31. The van der Waals surface area contributed by atoms with Gasteiger partial charge >= 0.3 is 0 Å². The molecule has 0 aliphatic heterocycles. The van der Waals surface area contributed by atoms with Crippen LogP contribution in [0.1, 0.15) is 5.76 Å². The first-order valence-electron chi connectivity index (χ1n) is 8.27. The van der Waals surface area contributed by atoms with Crippen LogP contribution in [0.4, 0.5) is 10.1 Å². The number of nitriles is 1. The summed E-state index contributed by atoms with van der Waals surface area (Å²) in [6.07, 6.45) is 1.36. The lowest BCUT2D eigenvalue weighted by molar-refractivity contribution is -0.112. The average molecular weight is 389 g/mol. The summed E-state index contributed by atoms with van der Waals surface area (Å²) in [6, 6.07) is 18.3. The predicted molar refractivity (Wildman–Crippen MR) is 106 cm³/mol. The third kappa shape index (κ3) is 3.68. The molecule has 0 aliphatic rings. The van der Waals surface area contributed by atoms with Gasteiger partial charge in [0.1, 0.15) is 23.2 Å². The predicted octanol–water partition coefficient (Wildman–Crippen LogP) is 5.24. The van der Waals surface area contributed by atoms with Crippen molar-refractivity contribution in [1.29, 1.82) is 5.26 Å². The Labute approximate surface area is 163 Å². The molecule has 0 atom stereocenters. The third-order valence-electron chi connectivity index (χ3n) is 3.89. The van der Waals surface area contributed by atoms with Crippen molar-refractivity contribution in [2.75, 3.05) is 5.32 Å². The first kappa shape index (κ1) is 17.6. The van der Waals surface area contributed by atoms with Gasteiger partial charge in [-0.3, -0.25) is 4.79 Å². The van der Waals surface area contributed by atoms with Gasteiger partial charge in [-0.1, -0.05) is 12.1 Å². The maximum atomic E-state index is 13.0. The zero-order valence-corrected chi connectivity index (χ0v) is 15.2. The molecule has 5 nitrogen and oxygen atoms in total. The van der Waals surface area contributed by atoms with Gasteiger partial charge in [-0.25, -0.2) is 9.37 Å². The Morgan fingerprint density at radius 1 is 1.14 bits per heavy atom. The van der Waals surface area contributed by atoms with Crippen molar-refractivity contribution in [2.24, 2.45) is 0 Å². The van der Waals surface area contributed by atoms with Gasteiger partial charge in [0.25, 0.3) is 5.91 Å². The molecule has 0 radical (unpaired) electrons. The number of carbonyl (C=O) groups is 1. The number of para-hydroxylation sites is 1.